The third kappa shape index (κ3) is 4.33. The van der Waals surface area contributed by atoms with Crippen molar-refractivity contribution >= 4 is 27.5 Å². The Morgan fingerprint density at radius 3 is 2.39 bits per heavy atom. The van der Waals surface area contributed by atoms with Gasteiger partial charge >= 0.3 is 0 Å². The Bertz CT molecular complexity index is 943. The second-order valence-corrected chi connectivity index (χ2v) is 8.54. The first-order valence-electron chi connectivity index (χ1n) is 9.09. The molecule has 1 saturated heterocycles. The van der Waals surface area contributed by atoms with Gasteiger partial charge in [0, 0.05) is 38.7 Å². The zero-order valence-corrected chi connectivity index (χ0v) is 16.5. The highest BCUT2D eigenvalue weighted by atomic mass is 32.2. The summed E-state index contributed by atoms with van der Waals surface area (Å²) in [4.78, 5) is 25.8. The van der Waals surface area contributed by atoms with Crippen LogP contribution in [0.3, 0.4) is 0 Å². The van der Waals surface area contributed by atoms with Crippen LogP contribution in [0.25, 0.3) is 0 Å². The van der Waals surface area contributed by atoms with Crippen LogP contribution in [0, 0.1) is 0 Å². The maximum atomic E-state index is 12.7. The van der Waals surface area contributed by atoms with Gasteiger partial charge in [-0.15, -0.1) is 0 Å². The lowest BCUT2D eigenvalue weighted by Crippen LogP contribution is -2.35. The fourth-order valence-corrected chi connectivity index (χ4v) is 4.28. The van der Waals surface area contributed by atoms with Crippen molar-refractivity contribution in [3.63, 3.8) is 0 Å². The van der Waals surface area contributed by atoms with Crippen molar-refractivity contribution in [1.82, 2.24) is 10.2 Å². The van der Waals surface area contributed by atoms with Crippen molar-refractivity contribution in [3.8, 4) is 0 Å². The summed E-state index contributed by atoms with van der Waals surface area (Å²) in [7, 11) is -2.18. The molecule has 2 amide bonds. The van der Waals surface area contributed by atoms with Crippen molar-refractivity contribution in [3.05, 3.63) is 60.2 Å². The van der Waals surface area contributed by atoms with Gasteiger partial charge in [-0.05, 0) is 42.8 Å². The molecule has 148 valence electrons. The molecule has 0 radical (unpaired) electrons. The Labute approximate surface area is 165 Å². The summed E-state index contributed by atoms with van der Waals surface area (Å²) < 4.78 is 26.5. The van der Waals surface area contributed by atoms with Crippen LogP contribution in [0.5, 0.6) is 0 Å². The predicted molar refractivity (Wildman–Crippen MR) is 107 cm³/mol. The summed E-state index contributed by atoms with van der Waals surface area (Å²) in [5, 5.41) is 2.79. The Hall–Kier alpha value is -2.87. The van der Waals surface area contributed by atoms with Gasteiger partial charge in [0.05, 0.1) is 10.6 Å². The number of carbonyl (C=O) groups excluding carboxylic acids is 2. The molecule has 0 saturated carbocycles. The third-order valence-electron chi connectivity index (χ3n) is 4.73. The zero-order chi connectivity index (χ0) is 20.1. The second-order valence-electron chi connectivity index (χ2n) is 6.57. The van der Waals surface area contributed by atoms with Crippen LogP contribution in [0.2, 0.25) is 0 Å². The van der Waals surface area contributed by atoms with E-state index in [4.69, 9.17) is 0 Å². The molecule has 0 atom stereocenters. The van der Waals surface area contributed by atoms with Gasteiger partial charge in [-0.2, -0.15) is 0 Å². The van der Waals surface area contributed by atoms with Crippen LogP contribution in [0.1, 0.15) is 23.2 Å². The van der Waals surface area contributed by atoms with Crippen LogP contribution < -0.4 is 9.62 Å². The van der Waals surface area contributed by atoms with Gasteiger partial charge in [-0.25, -0.2) is 8.42 Å². The summed E-state index contributed by atoms with van der Waals surface area (Å²) in [6.07, 6.45) is 1.45. The molecule has 28 heavy (non-hydrogen) atoms. The molecule has 1 heterocycles. The number of sulfonamides is 1. The van der Waals surface area contributed by atoms with Crippen LogP contribution in [0.4, 0.5) is 5.69 Å². The van der Waals surface area contributed by atoms with E-state index in [1.54, 1.807) is 59.5 Å². The van der Waals surface area contributed by atoms with Crippen LogP contribution >= 0.6 is 0 Å². The van der Waals surface area contributed by atoms with Gasteiger partial charge in [-0.3, -0.25) is 13.9 Å². The number of nitrogens with zero attached hydrogens (tertiary/aromatic N) is 2. The first kappa shape index (κ1) is 19.9. The van der Waals surface area contributed by atoms with Crippen molar-refractivity contribution in [1.29, 1.82) is 0 Å². The smallest absolute Gasteiger partial charge is 0.264 e. The molecule has 1 aliphatic rings. The number of benzene rings is 2. The quantitative estimate of drug-likeness (QED) is 0.767. The maximum Gasteiger partial charge on any atom is 0.264 e. The van der Waals surface area contributed by atoms with Gasteiger partial charge in [-0.1, -0.05) is 18.2 Å². The topological polar surface area (TPSA) is 86.8 Å². The molecular weight excluding hydrogens is 378 g/mol. The summed E-state index contributed by atoms with van der Waals surface area (Å²) >= 11 is 0. The maximum absolute atomic E-state index is 12.7. The monoisotopic (exact) mass is 401 g/mol. The fraction of sp³-hybridized carbons (Fsp3) is 0.300. The number of nitrogens with one attached hydrogen (secondary N) is 1. The molecule has 0 aromatic heterocycles. The number of hydrogen-bond acceptors (Lipinski definition) is 4. The Balaban J connectivity index is 1.61. The molecule has 7 nitrogen and oxygen atoms in total. The molecule has 0 unspecified atom stereocenters. The minimum absolute atomic E-state index is 0.126. The van der Waals surface area contributed by atoms with Crippen molar-refractivity contribution in [2.45, 2.75) is 17.7 Å². The molecule has 8 heteroatoms. The van der Waals surface area contributed by atoms with Gasteiger partial charge in [0.25, 0.3) is 15.9 Å². The minimum Gasteiger partial charge on any atom is -0.350 e. The number of amides is 2. The molecule has 1 N–H and O–H groups in total. The average molecular weight is 401 g/mol. The van der Waals surface area contributed by atoms with Crippen LogP contribution in [0.15, 0.2) is 59.5 Å². The standard InChI is InChI=1S/C20H23N3O4S/c1-22(28(26,27)18-6-3-2-4-7-18)17-11-9-16(10-12-17)20(25)21-13-15-23-14-5-8-19(23)24/h2-4,6-7,9-12H,5,8,13-15H2,1H3,(H,21,25). The van der Waals surface area contributed by atoms with Crippen LogP contribution in [-0.4, -0.2) is 51.8 Å². The molecule has 0 bridgehead atoms. The van der Waals surface area contributed by atoms with E-state index in [9.17, 15) is 18.0 Å². The molecule has 0 spiro atoms. The molecule has 1 aliphatic heterocycles. The highest BCUT2D eigenvalue weighted by molar-refractivity contribution is 7.92. The van der Waals surface area contributed by atoms with E-state index in [-0.39, 0.29) is 16.7 Å². The average Bonchev–Trinajstić information content (AvgIpc) is 3.13. The van der Waals surface area contributed by atoms with E-state index in [0.29, 0.717) is 30.8 Å². The van der Waals surface area contributed by atoms with Crippen molar-refractivity contribution < 1.29 is 18.0 Å². The van der Waals surface area contributed by atoms with E-state index in [1.807, 2.05) is 0 Å². The van der Waals surface area contributed by atoms with E-state index < -0.39 is 10.0 Å². The SMILES string of the molecule is CN(c1ccc(C(=O)NCCN2CCCC2=O)cc1)S(=O)(=O)c1ccccc1. The highest BCUT2D eigenvalue weighted by Gasteiger charge is 2.21. The summed E-state index contributed by atoms with van der Waals surface area (Å²) in [5.74, 6) is -0.131. The number of likely N-dealkylation sites (tertiary alicyclic amines) is 1. The van der Waals surface area contributed by atoms with Crippen molar-refractivity contribution in [2.24, 2.45) is 0 Å². The Morgan fingerprint density at radius 1 is 1.11 bits per heavy atom. The molecule has 0 aliphatic carbocycles. The lowest BCUT2D eigenvalue weighted by molar-refractivity contribution is -0.127. The lowest BCUT2D eigenvalue weighted by atomic mass is 10.2. The largest absolute Gasteiger partial charge is 0.350 e. The van der Waals surface area contributed by atoms with E-state index in [2.05, 4.69) is 5.32 Å². The normalized spacial score (nSPS) is 14.2. The molecule has 2 aromatic rings. The van der Waals surface area contributed by atoms with Gasteiger partial charge < -0.3 is 10.2 Å². The Morgan fingerprint density at radius 2 is 1.79 bits per heavy atom. The van der Waals surface area contributed by atoms with E-state index >= 15 is 0 Å². The first-order chi connectivity index (χ1) is 13.4. The highest BCUT2D eigenvalue weighted by Crippen LogP contribution is 2.22. The van der Waals surface area contributed by atoms with Gasteiger partial charge in [0.1, 0.15) is 0 Å². The molecule has 1 fully saturated rings. The third-order valence-corrected chi connectivity index (χ3v) is 6.53. The van der Waals surface area contributed by atoms with Crippen molar-refractivity contribution in [2.75, 3.05) is 31.0 Å². The number of carbonyl (C=O) groups is 2. The first-order valence-corrected chi connectivity index (χ1v) is 10.5. The molecule has 3 rings (SSSR count). The number of hydrogen-bond donors (Lipinski definition) is 1. The summed E-state index contributed by atoms with van der Waals surface area (Å²) in [5.41, 5.74) is 0.894. The summed E-state index contributed by atoms with van der Waals surface area (Å²) in [6.45, 7) is 1.63. The van der Waals surface area contributed by atoms with Gasteiger partial charge in [0.15, 0.2) is 0 Å². The van der Waals surface area contributed by atoms with Gasteiger partial charge in [0.2, 0.25) is 5.91 Å². The molecular formula is C20H23N3O4S. The lowest BCUT2D eigenvalue weighted by Gasteiger charge is -2.20. The number of rotatable bonds is 7. The fourth-order valence-electron chi connectivity index (χ4n) is 3.06. The zero-order valence-electron chi connectivity index (χ0n) is 15.7. The van der Waals surface area contributed by atoms with Crippen LogP contribution in [-0.2, 0) is 14.8 Å². The molecule has 2 aromatic carbocycles. The van der Waals surface area contributed by atoms with E-state index in [0.717, 1.165) is 13.0 Å². The summed E-state index contributed by atoms with van der Waals surface area (Å²) in [6, 6.07) is 14.5. The second kappa shape index (κ2) is 8.43. The minimum atomic E-state index is -3.66. The predicted octanol–water partition coefficient (Wildman–Crippen LogP) is 1.86. The Kier molecular flexibility index (Phi) is 5.99. The van der Waals surface area contributed by atoms with E-state index in [1.165, 1.54) is 11.4 Å². The number of anilines is 1.